The predicted octanol–water partition coefficient (Wildman–Crippen LogP) is 5.99. The molecule has 0 N–H and O–H groups in total. The van der Waals surface area contributed by atoms with Crippen LogP contribution >= 0.6 is 0 Å². The fourth-order valence-electron chi connectivity index (χ4n) is 2.48. The van der Waals surface area contributed by atoms with Gasteiger partial charge in [0.15, 0.2) is 0 Å². The molecule has 3 rings (SSSR count). The first-order valence-electron chi connectivity index (χ1n) is 8.36. The first-order chi connectivity index (χ1) is 12.8. The zero-order valence-electron chi connectivity index (χ0n) is 14.4. The van der Waals surface area contributed by atoms with Crippen molar-refractivity contribution in [3.8, 4) is 24.7 Å². The molecule has 0 atom stereocenters. The maximum Gasteiger partial charge on any atom is 0.0243 e. The molecule has 0 aromatic heterocycles. The second kappa shape index (κ2) is 8.39. The number of rotatable bonds is 4. The van der Waals surface area contributed by atoms with E-state index in [4.69, 9.17) is 12.8 Å². The Morgan fingerprint density at radius 3 is 0.885 bits per heavy atom. The summed E-state index contributed by atoms with van der Waals surface area (Å²) in [5.74, 6) is 5.25. The van der Waals surface area contributed by atoms with Crippen molar-refractivity contribution >= 4 is 24.3 Å². The molecule has 0 radical (unpaired) electrons. The lowest BCUT2D eigenvalue weighted by atomic mass is 10.1. The van der Waals surface area contributed by atoms with Crippen LogP contribution in [0.1, 0.15) is 33.4 Å². The molecular formula is C26H18. The van der Waals surface area contributed by atoms with E-state index in [2.05, 4.69) is 60.4 Å². The summed E-state index contributed by atoms with van der Waals surface area (Å²) in [6.07, 6.45) is 19.1. The number of hydrogen-bond acceptors (Lipinski definition) is 0. The van der Waals surface area contributed by atoms with Gasteiger partial charge in [-0.15, -0.1) is 12.8 Å². The van der Waals surface area contributed by atoms with Gasteiger partial charge in [-0.05, 0) is 46.5 Å². The van der Waals surface area contributed by atoms with Crippen LogP contribution in [0.25, 0.3) is 24.3 Å². The summed E-state index contributed by atoms with van der Waals surface area (Å²) >= 11 is 0. The Hall–Kier alpha value is -3.74. The highest BCUT2D eigenvalue weighted by Gasteiger charge is 1.92. The van der Waals surface area contributed by atoms with E-state index in [0.29, 0.717) is 0 Å². The van der Waals surface area contributed by atoms with E-state index in [0.717, 1.165) is 33.4 Å². The fraction of sp³-hybridized carbons (Fsp3) is 0. The van der Waals surface area contributed by atoms with Crippen LogP contribution < -0.4 is 0 Å². The molecule has 122 valence electrons. The maximum absolute atomic E-state index is 5.37. The van der Waals surface area contributed by atoms with Gasteiger partial charge in [-0.25, -0.2) is 0 Å². The van der Waals surface area contributed by atoms with E-state index >= 15 is 0 Å². The smallest absolute Gasteiger partial charge is 0.0243 e. The minimum Gasteiger partial charge on any atom is -0.115 e. The first-order valence-corrected chi connectivity index (χ1v) is 8.36. The lowest BCUT2D eigenvalue weighted by molar-refractivity contribution is 1.60. The average Bonchev–Trinajstić information content (AvgIpc) is 2.72. The highest BCUT2D eigenvalue weighted by atomic mass is 14.0. The Morgan fingerprint density at radius 2 is 0.654 bits per heavy atom. The summed E-state index contributed by atoms with van der Waals surface area (Å²) in [5, 5.41) is 0. The standard InChI is InChI=1S/C26H18/c1-3-21-5-9-23(10-6-21)13-15-25-17-19-26(20-18-25)16-14-24-11-7-22(4-2)8-12-24/h1-2,5-20H/b15-13+,16-14+. The quantitative estimate of drug-likeness (QED) is 0.407. The zero-order chi connectivity index (χ0) is 18.2. The van der Waals surface area contributed by atoms with Crippen LogP contribution in [0.2, 0.25) is 0 Å². The van der Waals surface area contributed by atoms with E-state index in [9.17, 15) is 0 Å². The van der Waals surface area contributed by atoms with Crippen LogP contribution in [0.15, 0.2) is 72.8 Å². The molecule has 0 bridgehead atoms. The minimum absolute atomic E-state index is 0.896. The molecule has 3 aromatic carbocycles. The van der Waals surface area contributed by atoms with Gasteiger partial charge in [0.1, 0.15) is 0 Å². The predicted molar refractivity (Wildman–Crippen MR) is 113 cm³/mol. The fourth-order valence-corrected chi connectivity index (χ4v) is 2.48. The molecule has 0 nitrogen and oxygen atoms in total. The van der Waals surface area contributed by atoms with Crippen LogP contribution in [0.4, 0.5) is 0 Å². The van der Waals surface area contributed by atoms with Crippen molar-refractivity contribution in [1.82, 2.24) is 0 Å². The molecule has 0 fully saturated rings. The molecule has 0 heterocycles. The van der Waals surface area contributed by atoms with Gasteiger partial charge in [0.2, 0.25) is 0 Å². The van der Waals surface area contributed by atoms with Gasteiger partial charge >= 0.3 is 0 Å². The highest BCUT2D eigenvalue weighted by molar-refractivity contribution is 5.73. The van der Waals surface area contributed by atoms with Crippen molar-refractivity contribution in [2.24, 2.45) is 0 Å². The van der Waals surface area contributed by atoms with Crippen molar-refractivity contribution in [2.45, 2.75) is 0 Å². The summed E-state index contributed by atoms with van der Waals surface area (Å²) in [7, 11) is 0. The van der Waals surface area contributed by atoms with Crippen LogP contribution in [-0.2, 0) is 0 Å². The monoisotopic (exact) mass is 330 g/mol. The van der Waals surface area contributed by atoms with Gasteiger partial charge in [0.25, 0.3) is 0 Å². The largest absolute Gasteiger partial charge is 0.115 e. The van der Waals surface area contributed by atoms with E-state index in [1.54, 1.807) is 0 Å². The molecule has 0 unspecified atom stereocenters. The van der Waals surface area contributed by atoms with Gasteiger partial charge in [-0.3, -0.25) is 0 Å². The van der Waals surface area contributed by atoms with Crippen molar-refractivity contribution in [2.75, 3.05) is 0 Å². The number of terminal acetylenes is 2. The number of hydrogen-bond donors (Lipinski definition) is 0. The zero-order valence-corrected chi connectivity index (χ0v) is 14.4. The highest BCUT2D eigenvalue weighted by Crippen LogP contribution is 2.13. The summed E-state index contributed by atoms with van der Waals surface area (Å²) in [6.45, 7) is 0. The molecule has 0 spiro atoms. The molecule has 0 heteroatoms. The molecule has 0 aliphatic heterocycles. The van der Waals surface area contributed by atoms with Crippen LogP contribution in [-0.4, -0.2) is 0 Å². The van der Waals surface area contributed by atoms with Gasteiger partial charge in [0.05, 0.1) is 0 Å². The maximum atomic E-state index is 5.37. The van der Waals surface area contributed by atoms with Crippen molar-refractivity contribution in [3.63, 3.8) is 0 Å². The summed E-state index contributed by atoms with van der Waals surface area (Å²) in [4.78, 5) is 0. The number of benzene rings is 3. The van der Waals surface area contributed by atoms with E-state index in [1.165, 1.54) is 0 Å². The van der Waals surface area contributed by atoms with E-state index in [1.807, 2.05) is 48.5 Å². The van der Waals surface area contributed by atoms with Crippen molar-refractivity contribution in [3.05, 3.63) is 106 Å². The van der Waals surface area contributed by atoms with Crippen LogP contribution in [0, 0.1) is 24.7 Å². The summed E-state index contributed by atoms with van der Waals surface area (Å²) in [5.41, 5.74) is 6.36. The van der Waals surface area contributed by atoms with Gasteiger partial charge in [-0.2, -0.15) is 0 Å². The second-order valence-electron chi connectivity index (χ2n) is 5.87. The Morgan fingerprint density at radius 1 is 0.423 bits per heavy atom. The Kier molecular flexibility index (Phi) is 5.51. The third kappa shape index (κ3) is 4.64. The lowest BCUT2D eigenvalue weighted by Crippen LogP contribution is -1.77. The van der Waals surface area contributed by atoms with Gasteiger partial charge in [0, 0.05) is 11.1 Å². The molecule has 0 aliphatic carbocycles. The minimum atomic E-state index is 0.896. The van der Waals surface area contributed by atoms with E-state index in [-0.39, 0.29) is 0 Å². The van der Waals surface area contributed by atoms with Crippen molar-refractivity contribution < 1.29 is 0 Å². The Balaban J connectivity index is 1.65. The van der Waals surface area contributed by atoms with Gasteiger partial charge < -0.3 is 0 Å². The topological polar surface area (TPSA) is 0 Å². The summed E-state index contributed by atoms with van der Waals surface area (Å²) < 4.78 is 0. The third-order valence-corrected chi connectivity index (χ3v) is 4.03. The molecular weight excluding hydrogens is 312 g/mol. The van der Waals surface area contributed by atoms with Gasteiger partial charge in [-0.1, -0.05) is 84.7 Å². The molecule has 26 heavy (non-hydrogen) atoms. The second-order valence-corrected chi connectivity index (χ2v) is 5.87. The average molecular weight is 330 g/mol. The van der Waals surface area contributed by atoms with E-state index < -0.39 is 0 Å². The van der Waals surface area contributed by atoms with Crippen molar-refractivity contribution in [1.29, 1.82) is 0 Å². The molecule has 0 saturated carbocycles. The van der Waals surface area contributed by atoms with Crippen LogP contribution in [0.5, 0.6) is 0 Å². The summed E-state index contributed by atoms with van der Waals surface area (Å²) in [6, 6.07) is 24.3. The molecule has 0 aliphatic rings. The molecule has 3 aromatic rings. The first kappa shape index (κ1) is 17.1. The Labute approximate surface area is 155 Å². The SMILES string of the molecule is C#Cc1ccc(/C=C/c2ccc(/C=C/c3ccc(C#C)cc3)cc2)cc1. The molecule has 0 saturated heterocycles. The Bertz CT molecular complexity index is 911. The lowest BCUT2D eigenvalue weighted by Gasteiger charge is -1.98. The third-order valence-electron chi connectivity index (χ3n) is 4.03. The normalized spacial score (nSPS) is 10.7. The molecule has 0 amide bonds. The van der Waals surface area contributed by atoms with Crippen LogP contribution in [0.3, 0.4) is 0 Å².